The first-order valence-corrected chi connectivity index (χ1v) is 8.18. The first-order valence-electron chi connectivity index (χ1n) is 8.18. The van der Waals surface area contributed by atoms with Gasteiger partial charge in [-0.2, -0.15) is 5.10 Å². The highest BCUT2D eigenvalue weighted by atomic mass is 16.2. The second-order valence-corrected chi connectivity index (χ2v) is 5.99. The fourth-order valence-electron chi connectivity index (χ4n) is 2.80. The Kier molecular flexibility index (Phi) is 4.12. The molecule has 1 aliphatic heterocycles. The largest absolute Gasteiger partial charge is 0.355 e. The molecule has 0 aliphatic carbocycles. The molecule has 1 aliphatic rings. The minimum Gasteiger partial charge on any atom is -0.355 e. The maximum absolute atomic E-state index is 12.2. The summed E-state index contributed by atoms with van der Waals surface area (Å²) in [5.41, 5.74) is 1.10. The van der Waals surface area contributed by atoms with Crippen LogP contribution in [0, 0.1) is 5.92 Å². The third-order valence-corrected chi connectivity index (χ3v) is 4.26. The molecule has 2 aromatic heterocycles. The maximum Gasteiger partial charge on any atom is 0.226 e. The molecular weight excluding hydrogens is 316 g/mol. The molecule has 1 fully saturated rings. The van der Waals surface area contributed by atoms with E-state index in [2.05, 4.69) is 25.3 Å². The number of hydrogen-bond donors (Lipinski definition) is 1. The number of nitrogens with zero attached hydrogens (tertiary/aromatic N) is 5. The molecule has 7 heteroatoms. The SMILES string of the molecule is O=C(NCc1ccccc1)C1CN(c2cc(-n3cccn3)ncn2)C1. The van der Waals surface area contributed by atoms with Crippen molar-refractivity contribution in [2.75, 3.05) is 18.0 Å². The zero-order valence-electron chi connectivity index (χ0n) is 13.6. The number of rotatable bonds is 5. The average Bonchev–Trinajstić information content (AvgIpc) is 3.15. The lowest BCUT2D eigenvalue weighted by Crippen LogP contribution is -2.54. The highest BCUT2D eigenvalue weighted by Crippen LogP contribution is 2.23. The second-order valence-electron chi connectivity index (χ2n) is 5.99. The smallest absolute Gasteiger partial charge is 0.226 e. The summed E-state index contributed by atoms with van der Waals surface area (Å²) in [6.45, 7) is 1.89. The molecule has 0 saturated carbocycles. The minimum atomic E-state index is -0.00756. The van der Waals surface area contributed by atoms with Crippen LogP contribution in [0.15, 0.2) is 61.2 Å². The number of amides is 1. The van der Waals surface area contributed by atoms with Crippen molar-refractivity contribution in [1.29, 1.82) is 0 Å². The molecule has 3 aromatic rings. The van der Waals surface area contributed by atoms with Crippen LogP contribution in [-0.2, 0) is 11.3 Å². The van der Waals surface area contributed by atoms with E-state index in [1.165, 1.54) is 6.33 Å². The van der Waals surface area contributed by atoms with Crippen molar-refractivity contribution in [1.82, 2.24) is 25.1 Å². The summed E-state index contributed by atoms with van der Waals surface area (Å²) < 4.78 is 1.69. The number of carbonyl (C=O) groups is 1. The van der Waals surface area contributed by atoms with Gasteiger partial charge in [0.25, 0.3) is 0 Å². The van der Waals surface area contributed by atoms with Crippen LogP contribution in [0.4, 0.5) is 5.82 Å². The lowest BCUT2D eigenvalue weighted by atomic mass is 9.99. The number of anilines is 1. The predicted molar refractivity (Wildman–Crippen MR) is 93.1 cm³/mol. The number of benzene rings is 1. The lowest BCUT2D eigenvalue weighted by molar-refractivity contribution is -0.125. The first kappa shape index (κ1) is 15.3. The van der Waals surface area contributed by atoms with E-state index < -0.39 is 0 Å². The Morgan fingerprint density at radius 3 is 2.68 bits per heavy atom. The Morgan fingerprint density at radius 2 is 1.92 bits per heavy atom. The van der Waals surface area contributed by atoms with Crippen molar-refractivity contribution in [2.45, 2.75) is 6.54 Å². The normalized spacial score (nSPS) is 14.2. The van der Waals surface area contributed by atoms with Gasteiger partial charge in [-0.15, -0.1) is 0 Å². The Hall–Kier alpha value is -3.22. The Bertz CT molecular complexity index is 843. The van der Waals surface area contributed by atoms with Crippen molar-refractivity contribution in [3.63, 3.8) is 0 Å². The van der Waals surface area contributed by atoms with Gasteiger partial charge < -0.3 is 10.2 Å². The first-order chi connectivity index (χ1) is 12.3. The molecule has 4 rings (SSSR count). The summed E-state index contributed by atoms with van der Waals surface area (Å²) in [6.07, 6.45) is 5.07. The van der Waals surface area contributed by atoms with Crippen molar-refractivity contribution in [3.8, 4) is 5.82 Å². The highest BCUT2D eigenvalue weighted by Gasteiger charge is 2.33. The Labute approximate surface area is 145 Å². The van der Waals surface area contributed by atoms with E-state index in [9.17, 15) is 4.79 Å². The minimum absolute atomic E-state index is 0.00756. The van der Waals surface area contributed by atoms with Crippen molar-refractivity contribution in [3.05, 3.63) is 66.7 Å². The van der Waals surface area contributed by atoms with Gasteiger partial charge in [0, 0.05) is 38.1 Å². The van der Waals surface area contributed by atoms with Crippen LogP contribution < -0.4 is 10.2 Å². The van der Waals surface area contributed by atoms with Gasteiger partial charge in [0.2, 0.25) is 5.91 Å². The van der Waals surface area contributed by atoms with E-state index in [-0.39, 0.29) is 11.8 Å². The van der Waals surface area contributed by atoms with Crippen LogP contribution in [-0.4, -0.2) is 38.7 Å². The van der Waals surface area contributed by atoms with Gasteiger partial charge in [0.05, 0.1) is 5.92 Å². The van der Waals surface area contributed by atoms with Gasteiger partial charge in [0.1, 0.15) is 12.1 Å². The summed E-state index contributed by atoms with van der Waals surface area (Å²) in [5.74, 6) is 1.60. The van der Waals surface area contributed by atoms with Crippen LogP contribution >= 0.6 is 0 Å². The van der Waals surface area contributed by atoms with E-state index in [1.807, 2.05) is 48.7 Å². The molecule has 1 N–H and O–H groups in total. The van der Waals surface area contributed by atoms with Crippen LogP contribution in [0.25, 0.3) is 5.82 Å². The summed E-state index contributed by atoms with van der Waals surface area (Å²) in [7, 11) is 0. The lowest BCUT2D eigenvalue weighted by Gasteiger charge is -2.39. The quantitative estimate of drug-likeness (QED) is 0.764. The number of carbonyl (C=O) groups excluding carboxylic acids is 1. The van der Waals surface area contributed by atoms with Crippen molar-refractivity contribution in [2.24, 2.45) is 5.92 Å². The van der Waals surface area contributed by atoms with Crippen LogP contribution in [0.1, 0.15) is 5.56 Å². The molecule has 0 bridgehead atoms. The number of hydrogen-bond acceptors (Lipinski definition) is 5. The van der Waals surface area contributed by atoms with E-state index in [4.69, 9.17) is 0 Å². The zero-order valence-corrected chi connectivity index (χ0v) is 13.6. The average molecular weight is 334 g/mol. The fraction of sp³-hybridized carbons (Fsp3) is 0.222. The molecule has 3 heterocycles. The van der Waals surface area contributed by atoms with Gasteiger partial charge in [0.15, 0.2) is 5.82 Å². The van der Waals surface area contributed by atoms with E-state index in [1.54, 1.807) is 10.9 Å². The standard InChI is InChI=1S/C18H18N6O/c25-18(19-10-14-5-2-1-3-6-14)15-11-23(12-15)16-9-17(21-13-20-16)24-8-4-7-22-24/h1-9,13,15H,10-12H2,(H,19,25). The Morgan fingerprint density at radius 1 is 1.12 bits per heavy atom. The van der Waals surface area contributed by atoms with Gasteiger partial charge in [-0.1, -0.05) is 30.3 Å². The monoisotopic (exact) mass is 334 g/mol. The summed E-state index contributed by atoms with van der Waals surface area (Å²) >= 11 is 0. The van der Waals surface area contributed by atoms with E-state index in [0.29, 0.717) is 25.5 Å². The van der Waals surface area contributed by atoms with Gasteiger partial charge >= 0.3 is 0 Å². The summed E-state index contributed by atoms with van der Waals surface area (Å²) in [5, 5.41) is 7.17. The fourth-order valence-corrected chi connectivity index (χ4v) is 2.80. The molecular formula is C18H18N6O. The molecule has 7 nitrogen and oxygen atoms in total. The molecule has 0 atom stereocenters. The molecule has 126 valence electrons. The van der Waals surface area contributed by atoms with E-state index >= 15 is 0 Å². The number of aromatic nitrogens is 4. The molecule has 1 saturated heterocycles. The molecule has 25 heavy (non-hydrogen) atoms. The second kappa shape index (κ2) is 6.72. The molecule has 1 amide bonds. The van der Waals surface area contributed by atoms with Gasteiger partial charge in [-0.05, 0) is 11.6 Å². The van der Waals surface area contributed by atoms with Gasteiger partial charge in [-0.25, -0.2) is 14.6 Å². The van der Waals surface area contributed by atoms with Gasteiger partial charge in [-0.3, -0.25) is 4.79 Å². The zero-order chi connectivity index (χ0) is 17.1. The predicted octanol–water partition coefficient (Wildman–Crippen LogP) is 1.41. The van der Waals surface area contributed by atoms with Crippen molar-refractivity contribution >= 4 is 11.7 Å². The van der Waals surface area contributed by atoms with Crippen LogP contribution in [0.3, 0.4) is 0 Å². The molecule has 0 radical (unpaired) electrons. The van der Waals surface area contributed by atoms with Crippen LogP contribution in [0.5, 0.6) is 0 Å². The number of nitrogens with one attached hydrogen (secondary N) is 1. The Balaban J connectivity index is 1.33. The third-order valence-electron chi connectivity index (χ3n) is 4.26. The maximum atomic E-state index is 12.2. The molecule has 0 spiro atoms. The van der Waals surface area contributed by atoms with E-state index in [0.717, 1.165) is 11.4 Å². The summed E-state index contributed by atoms with van der Waals surface area (Å²) in [4.78, 5) is 22.8. The molecule has 1 aromatic carbocycles. The summed E-state index contributed by atoms with van der Waals surface area (Å²) in [6, 6.07) is 13.6. The molecule has 0 unspecified atom stereocenters. The topological polar surface area (TPSA) is 75.9 Å². The third kappa shape index (κ3) is 3.35. The highest BCUT2D eigenvalue weighted by molar-refractivity contribution is 5.81. The van der Waals surface area contributed by atoms with Crippen molar-refractivity contribution < 1.29 is 4.79 Å². The van der Waals surface area contributed by atoms with Crippen LogP contribution in [0.2, 0.25) is 0 Å².